The Labute approximate surface area is 98.4 Å². The standard InChI is InChI=1S/C11H12ClN3O/c1-7(6-13)10-14-11(16-15-10)8-4-2-3-5-9(8)12/h2-5,7H,6,13H2,1H3. The predicted molar refractivity (Wildman–Crippen MR) is 62.2 cm³/mol. The highest BCUT2D eigenvalue weighted by Crippen LogP contribution is 2.26. The van der Waals surface area contributed by atoms with E-state index < -0.39 is 0 Å². The van der Waals surface area contributed by atoms with Crippen molar-refractivity contribution >= 4 is 11.6 Å². The van der Waals surface area contributed by atoms with Crippen LogP contribution < -0.4 is 5.73 Å². The SMILES string of the molecule is CC(CN)c1noc(-c2ccccc2Cl)n1. The van der Waals surface area contributed by atoms with Crippen molar-refractivity contribution in [2.24, 2.45) is 5.73 Å². The minimum atomic E-state index is 0.0833. The van der Waals surface area contributed by atoms with Gasteiger partial charge >= 0.3 is 0 Å². The number of halogens is 1. The Hall–Kier alpha value is -1.39. The molecule has 0 aliphatic carbocycles. The molecule has 0 amide bonds. The average Bonchev–Trinajstić information content (AvgIpc) is 2.78. The van der Waals surface area contributed by atoms with E-state index in [0.29, 0.717) is 23.3 Å². The third-order valence-corrected chi connectivity index (χ3v) is 2.67. The van der Waals surface area contributed by atoms with Gasteiger partial charge in [0.1, 0.15) is 0 Å². The number of benzene rings is 1. The van der Waals surface area contributed by atoms with E-state index >= 15 is 0 Å². The van der Waals surface area contributed by atoms with Crippen molar-refractivity contribution in [3.63, 3.8) is 0 Å². The second-order valence-electron chi connectivity index (χ2n) is 3.57. The minimum absolute atomic E-state index is 0.0833. The molecule has 0 saturated carbocycles. The molecule has 0 aliphatic rings. The minimum Gasteiger partial charge on any atom is -0.334 e. The lowest BCUT2D eigenvalue weighted by molar-refractivity contribution is 0.418. The predicted octanol–water partition coefficient (Wildman–Crippen LogP) is 2.45. The molecule has 2 rings (SSSR count). The number of rotatable bonds is 3. The lowest BCUT2D eigenvalue weighted by Gasteiger charge is -1.99. The fourth-order valence-corrected chi connectivity index (χ4v) is 1.50. The van der Waals surface area contributed by atoms with Gasteiger partial charge in [-0.05, 0) is 12.1 Å². The molecule has 5 heteroatoms. The molecule has 1 aromatic carbocycles. The van der Waals surface area contributed by atoms with E-state index in [1.165, 1.54) is 0 Å². The molecule has 2 N–H and O–H groups in total. The maximum Gasteiger partial charge on any atom is 0.259 e. The van der Waals surface area contributed by atoms with Crippen LogP contribution in [0.2, 0.25) is 5.02 Å². The smallest absolute Gasteiger partial charge is 0.259 e. The molecule has 1 heterocycles. The van der Waals surface area contributed by atoms with E-state index in [9.17, 15) is 0 Å². The molecule has 0 spiro atoms. The summed E-state index contributed by atoms with van der Waals surface area (Å²) in [5, 5.41) is 4.48. The van der Waals surface area contributed by atoms with Gasteiger partial charge in [-0.1, -0.05) is 35.8 Å². The lowest BCUT2D eigenvalue weighted by atomic mass is 10.2. The molecule has 1 aromatic heterocycles. The average molecular weight is 238 g/mol. The molecule has 4 nitrogen and oxygen atoms in total. The van der Waals surface area contributed by atoms with Gasteiger partial charge in [0.05, 0.1) is 10.6 Å². The number of aromatic nitrogens is 2. The molecule has 16 heavy (non-hydrogen) atoms. The van der Waals surface area contributed by atoms with Gasteiger partial charge in [0.15, 0.2) is 5.82 Å². The molecular weight excluding hydrogens is 226 g/mol. The van der Waals surface area contributed by atoms with Gasteiger partial charge in [0.25, 0.3) is 5.89 Å². The highest BCUT2D eigenvalue weighted by molar-refractivity contribution is 6.33. The second-order valence-corrected chi connectivity index (χ2v) is 3.98. The lowest BCUT2D eigenvalue weighted by Crippen LogP contribution is -2.10. The Morgan fingerprint density at radius 3 is 2.88 bits per heavy atom. The second kappa shape index (κ2) is 4.63. The van der Waals surface area contributed by atoms with E-state index in [4.69, 9.17) is 21.9 Å². The summed E-state index contributed by atoms with van der Waals surface area (Å²) in [6.07, 6.45) is 0. The van der Waals surface area contributed by atoms with E-state index in [1.54, 1.807) is 6.07 Å². The van der Waals surface area contributed by atoms with Gasteiger partial charge in [-0.25, -0.2) is 0 Å². The van der Waals surface area contributed by atoms with Crippen molar-refractivity contribution in [2.45, 2.75) is 12.8 Å². The van der Waals surface area contributed by atoms with Crippen LogP contribution in [0.15, 0.2) is 28.8 Å². The molecule has 0 saturated heterocycles. The highest BCUT2D eigenvalue weighted by Gasteiger charge is 2.14. The van der Waals surface area contributed by atoms with Crippen LogP contribution in [0.3, 0.4) is 0 Å². The monoisotopic (exact) mass is 237 g/mol. The number of hydrogen-bond donors (Lipinski definition) is 1. The summed E-state index contributed by atoms with van der Waals surface area (Å²) in [5.41, 5.74) is 6.28. The zero-order valence-corrected chi connectivity index (χ0v) is 9.61. The largest absolute Gasteiger partial charge is 0.334 e. The molecule has 0 bridgehead atoms. The van der Waals surface area contributed by atoms with E-state index in [1.807, 2.05) is 25.1 Å². The first kappa shape index (κ1) is 11.1. The highest BCUT2D eigenvalue weighted by atomic mass is 35.5. The Kier molecular flexibility index (Phi) is 3.22. The van der Waals surface area contributed by atoms with Gasteiger partial charge in [-0.15, -0.1) is 0 Å². The first-order valence-electron chi connectivity index (χ1n) is 5.01. The summed E-state index contributed by atoms with van der Waals surface area (Å²) >= 11 is 6.03. The van der Waals surface area contributed by atoms with Crippen molar-refractivity contribution in [1.82, 2.24) is 10.1 Å². The molecule has 1 atom stereocenters. The van der Waals surface area contributed by atoms with Gasteiger partial charge < -0.3 is 10.3 Å². The molecule has 2 aromatic rings. The number of nitrogens with two attached hydrogens (primary N) is 1. The number of hydrogen-bond acceptors (Lipinski definition) is 4. The van der Waals surface area contributed by atoms with Crippen molar-refractivity contribution in [1.29, 1.82) is 0 Å². The Morgan fingerprint density at radius 1 is 1.44 bits per heavy atom. The fraction of sp³-hybridized carbons (Fsp3) is 0.273. The van der Waals surface area contributed by atoms with Crippen LogP contribution in [-0.4, -0.2) is 16.7 Å². The van der Waals surface area contributed by atoms with Crippen LogP contribution in [-0.2, 0) is 0 Å². The van der Waals surface area contributed by atoms with Crippen molar-refractivity contribution in [2.75, 3.05) is 6.54 Å². The van der Waals surface area contributed by atoms with Crippen molar-refractivity contribution < 1.29 is 4.52 Å². The van der Waals surface area contributed by atoms with Gasteiger partial charge in [0.2, 0.25) is 0 Å². The molecule has 0 aliphatic heterocycles. The summed E-state index contributed by atoms with van der Waals surface area (Å²) in [5.74, 6) is 1.12. The summed E-state index contributed by atoms with van der Waals surface area (Å²) < 4.78 is 5.15. The third-order valence-electron chi connectivity index (χ3n) is 2.34. The van der Waals surface area contributed by atoms with Crippen LogP contribution in [0.1, 0.15) is 18.7 Å². The summed E-state index contributed by atoms with van der Waals surface area (Å²) in [6.45, 7) is 2.43. The van der Waals surface area contributed by atoms with Crippen molar-refractivity contribution in [3.8, 4) is 11.5 Å². The molecule has 84 valence electrons. The third kappa shape index (κ3) is 2.08. The summed E-state index contributed by atoms with van der Waals surface area (Å²) in [6, 6.07) is 7.35. The molecule has 0 fully saturated rings. The molecular formula is C11H12ClN3O. The van der Waals surface area contributed by atoms with Crippen molar-refractivity contribution in [3.05, 3.63) is 35.1 Å². The number of nitrogens with zero attached hydrogens (tertiary/aromatic N) is 2. The molecule has 1 unspecified atom stereocenters. The van der Waals surface area contributed by atoms with Gasteiger partial charge in [-0.2, -0.15) is 4.98 Å². The first-order valence-corrected chi connectivity index (χ1v) is 5.38. The quantitative estimate of drug-likeness (QED) is 0.891. The van der Waals surface area contributed by atoms with Gasteiger partial charge in [-0.3, -0.25) is 0 Å². The van der Waals surface area contributed by atoms with E-state index in [0.717, 1.165) is 5.56 Å². The Bertz CT molecular complexity index is 484. The van der Waals surface area contributed by atoms with Crippen LogP contribution in [0.5, 0.6) is 0 Å². The van der Waals surface area contributed by atoms with Crippen LogP contribution in [0.4, 0.5) is 0 Å². The summed E-state index contributed by atoms with van der Waals surface area (Å²) in [4.78, 5) is 4.27. The van der Waals surface area contributed by atoms with E-state index in [2.05, 4.69) is 10.1 Å². The molecule has 0 radical (unpaired) electrons. The fourth-order valence-electron chi connectivity index (χ4n) is 1.28. The normalized spacial score (nSPS) is 12.7. The van der Waals surface area contributed by atoms with E-state index in [-0.39, 0.29) is 5.92 Å². The van der Waals surface area contributed by atoms with Crippen LogP contribution in [0.25, 0.3) is 11.5 Å². The van der Waals surface area contributed by atoms with Crippen LogP contribution in [0, 0.1) is 0 Å². The topological polar surface area (TPSA) is 64.9 Å². The maximum atomic E-state index is 6.03. The first-order chi connectivity index (χ1) is 7.72. The van der Waals surface area contributed by atoms with Crippen LogP contribution >= 0.6 is 11.6 Å². The zero-order chi connectivity index (χ0) is 11.5. The Balaban J connectivity index is 2.35. The zero-order valence-electron chi connectivity index (χ0n) is 8.85. The Morgan fingerprint density at radius 2 is 2.19 bits per heavy atom. The van der Waals surface area contributed by atoms with Gasteiger partial charge in [0, 0.05) is 12.5 Å². The maximum absolute atomic E-state index is 6.03. The summed E-state index contributed by atoms with van der Waals surface area (Å²) in [7, 11) is 0.